The zero-order valence-corrected chi connectivity index (χ0v) is 12.0. The van der Waals surface area contributed by atoms with Crippen LogP contribution in [-0.4, -0.2) is 25.9 Å². The molecule has 0 unspecified atom stereocenters. The number of hydrogen-bond acceptors (Lipinski definition) is 4. The van der Waals surface area contributed by atoms with E-state index < -0.39 is 0 Å². The van der Waals surface area contributed by atoms with Gasteiger partial charge in [0.2, 0.25) is 5.88 Å². The first-order valence-corrected chi connectivity index (χ1v) is 6.79. The normalized spacial score (nSPS) is 11.0. The molecule has 0 atom stereocenters. The third-order valence-corrected chi connectivity index (χ3v) is 3.26. The Morgan fingerprint density at radius 2 is 2.14 bits per heavy atom. The van der Waals surface area contributed by atoms with E-state index in [1.807, 2.05) is 36.7 Å². The lowest BCUT2D eigenvalue weighted by Crippen LogP contribution is -2.11. The average molecular weight is 284 g/mol. The zero-order valence-electron chi connectivity index (χ0n) is 12.0. The van der Waals surface area contributed by atoms with E-state index in [0.717, 1.165) is 11.3 Å². The molecule has 0 aliphatic heterocycles. The van der Waals surface area contributed by atoms with Crippen molar-refractivity contribution in [2.24, 2.45) is 7.05 Å². The Morgan fingerprint density at radius 1 is 1.29 bits per heavy atom. The van der Waals surface area contributed by atoms with Gasteiger partial charge >= 0.3 is 0 Å². The summed E-state index contributed by atoms with van der Waals surface area (Å²) < 4.78 is 9.07. The van der Waals surface area contributed by atoms with Gasteiger partial charge in [-0.05, 0) is 13.0 Å². The molecule has 3 aromatic rings. The molecular weight excluding hydrogens is 268 g/mol. The summed E-state index contributed by atoms with van der Waals surface area (Å²) in [6.07, 6.45) is 3.36. The lowest BCUT2D eigenvalue weighted by Gasteiger charge is -2.10. The van der Waals surface area contributed by atoms with Crippen LogP contribution < -0.4 is 10.2 Å². The Balaban J connectivity index is 2.02. The monoisotopic (exact) mass is 284 g/mol. The highest BCUT2D eigenvalue weighted by Gasteiger charge is 2.08. The molecule has 6 heteroatoms. The molecule has 108 valence electrons. The van der Waals surface area contributed by atoms with E-state index in [4.69, 9.17) is 4.74 Å². The van der Waals surface area contributed by atoms with Crippen LogP contribution in [0.3, 0.4) is 0 Å². The topological polar surface area (TPSA) is 61.9 Å². The van der Waals surface area contributed by atoms with Gasteiger partial charge < -0.3 is 9.30 Å². The number of ether oxygens (including phenoxy) is 1. The van der Waals surface area contributed by atoms with E-state index in [2.05, 4.69) is 10.1 Å². The summed E-state index contributed by atoms with van der Waals surface area (Å²) in [6.45, 7) is 3.06. The van der Waals surface area contributed by atoms with E-state index in [1.165, 1.54) is 0 Å². The number of aromatic nitrogens is 4. The molecule has 0 fully saturated rings. The first kappa shape index (κ1) is 13.4. The first-order chi connectivity index (χ1) is 10.2. The maximum Gasteiger partial charge on any atom is 0.213 e. The molecule has 0 aliphatic rings. The number of pyridine rings is 2. The minimum absolute atomic E-state index is 0.0228. The summed E-state index contributed by atoms with van der Waals surface area (Å²) in [5.41, 5.74) is 1.63. The minimum atomic E-state index is -0.0228. The lowest BCUT2D eigenvalue weighted by atomic mass is 10.3. The Kier molecular flexibility index (Phi) is 3.43. The number of hydrogen-bond donors (Lipinski definition) is 0. The van der Waals surface area contributed by atoms with Crippen LogP contribution in [0.25, 0.3) is 11.0 Å². The predicted molar refractivity (Wildman–Crippen MR) is 79.5 cm³/mol. The molecule has 3 aromatic heterocycles. The molecule has 3 rings (SSSR count). The van der Waals surface area contributed by atoms with Crippen molar-refractivity contribution in [3.05, 3.63) is 52.6 Å². The van der Waals surface area contributed by atoms with Crippen molar-refractivity contribution in [1.29, 1.82) is 0 Å². The fourth-order valence-corrected chi connectivity index (χ4v) is 2.34. The van der Waals surface area contributed by atoms with Gasteiger partial charge in [-0.25, -0.2) is 4.98 Å². The van der Waals surface area contributed by atoms with Crippen molar-refractivity contribution in [3.8, 4) is 5.88 Å². The highest BCUT2D eigenvalue weighted by atomic mass is 16.5. The summed E-state index contributed by atoms with van der Waals surface area (Å²) in [5.74, 6) is 0.609. The van der Waals surface area contributed by atoms with E-state index in [1.54, 1.807) is 23.1 Å². The minimum Gasteiger partial charge on any atom is -0.478 e. The third kappa shape index (κ3) is 2.52. The summed E-state index contributed by atoms with van der Waals surface area (Å²) in [5, 5.41) is 4.77. The molecule has 6 nitrogen and oxygen atoms in total. The van der Waals surface area contributed by atoms with Gasteiger partial charge in [0.05, 0.1) is 30.4 Å². The van der Waals surface area contributed by atoms with E-state index in [0.29, 0.717) is 24.4 Å². The van der Waals surface area contributed by atoms with E-state index in [-0.39, 0.29) is 5.43 Å². The molecule has 21 heavy (non-hydrogen) atoms. The molecule has 0 bridgehead atoms. The van der Waals surface area contributed by atoms with Crippen molar-refractivity contribution < 1.29 is 4.74 Å². The summed E-state index contributed by atoms with van der Waals surface area (Å²) in [7, 11) is 1.82. The Hall–Kier alpha value is -2.63. The van der Waals surface area contributed by atoms with Crippen LogP contribution in [-0.2, 0) is 13.6 Å². The Labute approximate surface area is 121 Å². The van der Waals surface area contributed by atoms with Gasteiger partial charge in [0, 0.05) is 25.4 Å². The van der Waals surface area contributed by atoms with Crippen LogP contribution in [0.4, 0.5) is 0 Å². The largest absolute Gasteiger partial charge is 0.478 e. The van der Waals surface area contributed by atoms with Crippen LogP contribution in [0, 0.1) is 0 Å². The third-order valence-electron chi connectivity index (χ3n) is 3.26. The fraction of sp³-hybridized carbons (Fsp3) is 0.267. The molecule has 0 saturated heterocycles. The standard InChI is InChI=1S/C15H16N4O2/c1-3-21-14-6-4-5-11(17-14)10-19-8-7-13(20)12-9-16-18(2)15(12)19/h4-9H,3,10H2,1-2H3. The Morgan fingerprint density at radius 3 is 2.95 bits per heavy atom. The van der Waals surface area contributed by atoms with Crippen molar-refractivity contribution in [2.75, 3.05) is 6.61 Å². The van der Waals surface area contributed by atoms with Gasteiger partial charge in [-0.1, -0.05) is 6.07 Å². The van der Waals surface area contributed by atoms with Crippen LogP contribution in [0.2, 0.25) is 0 Å². The van der Waals surface area contributed by atoms with Gasteiger partial charge in [-0.15, -0.1) is 0 Å². The molecule has 0 spiro atoms. The molecule has 0 amide bonds. The second-order valence-electron chi connectivity index (χ2n) is 4.71. The van der Waals surface area contributed by atoms with Crippen LogP contribution in [0.15, 0.2) is 41.5 Å². The fourth-order valence-electron chi connectivity index (χ4n) is 2.34. The molecular formula is C15H16N4O2. The molecule has 0 saturated carbocycles. The number of aryl methyl sites for hydroxylation is 1. The summed E-state index contributed by atoms with van der Waals surface area (Å²) >= 11 is 0. The Bertz CT molecular complexity index is 835. The summed E-state index contributed by atoms with van der Waals surface area (Å²) in [4.78, 5) is 16.3. The van der Waals surface area contributed by atoms with Crippen molar-refractivity contribution in [2.45, 2.75) is 13.5 Å². The van der Waals surface area contributed by atoms with Gasteiger partial charge in [-0.3, -0.25) is 9.48 Å². The van der Waals surface area contributed by atoms with Crippen LogP contribution in [0.5, 0.6) is 5.88 Å². The molecule has 0 N–H and O–H groups in total. The van der Waals surface area contributed by atoms with Crippen LogP contribution >= 0.6 is 0 Å². The zero-order chi connectivity index (χ0) is 14.8. The van der Waals surface area contributed by atoms with Gasteiger partial charge in [-0.2, -0.15) is 5.10 Å². The molecule has 0 radical (unpaired) electrons. The predicted octanol–water partition coefficient (Wildman–Crippen LogP) is 1.58. The molecule has 0 aromatic carbocycles. The van der Waals surface area contributed by atoms with Crippen molar-refractivity contribution in [3.63, 3.8) is 0 Å². The quantitative estimate of drug-likeness (QED) is 0.729. The smallest absolute Gasteiger partial charge is 0.213 e. The number of nitrogens with zero attached hydrogens (tertiary/aromatic N) is 4. The molecule has 3 heterocycles. The second-order valence-corrected chi connectivity index (χ2v) is 4.71. The number of fused-ring (bicyclic) bond motifs is 1. The summed E-state index contributed by atoms with van der Waals surface area (Å²) in [6, 6.07) is 7.23. The average Bonchev–Trinajstić information content (AvgIpc) is 2.86. The highest BCUT2D eigenvalue weighted by Crippen LogP contribution is 2.13. The SMILES string of the molecule is CCOc1cccc(Cn2ccc(=O)c3cnn(C)c32)n1. The van der Waals surface area contributed by atoms with E-state index >= 15 is 0 Å². The van der Waals surface area contributed by atoms with E-state index in [9.17, 15) is 4.79 Å². The van der Waals surface area contributed by atoms with Crippen LogP contribution in [0.1, 0.15) is 12.6 Å². The lowest BCUT2D eigenvalue weighted by molar-refractivity contribution is 0.325. The maximum absolute atomic E-state index is 11.8. The second kappa shape index (κ2) is 5.40. The van der Waals surface area contributed by atoms with Crippen molar-refractivity contribution >= 4 is 11.0 Å². The van der Waals surface area contributed by atoms with Crippen molar-refractivity contribution in [1.82, 2.24) is 19.3 Å². The van der Waals surface area contributed by atoms with Gasteiger partial charge in [0.15, 0.2) is 5.43 Å². The first-order valence-electron chi connectivity index (χ1n) is 6.79. The molecule has 0 aliphatic carbocycles. The number of rotatable bonds is 4. The highest BCUT2D eigenvalue weighted by molar-refractivity contribution is 5.74. The maximum atomic E-state index is 11.8. The van der Waals surface area contributed by atoms with Gasteiger partial charge in [0.1, 0.15) is 5.65 Å². The van der Waals surface area contributed by atoms with Gasteiger partial charge in [0.25, 0.3) is 0 Å².